The van der Waals surface area contributed by atoms with Gasteiger partial charge in [0, 0.05) is 11.2 Å². The molecule has 3 nitrogen and oxygen atoms in total. The lowest BCUT2D eigenvalue weighted by Crippen LogP contribution is -2.16. The minimum absolute atomic E-state index is 0.319. The van der Waals surface area contributed by atoms with Crippen LogP contribution < -0.4 is 5.73 Å². The first-order valence-electron chi connectivity index (χ1n) is 5.55. The molecule has 0 spiro atoms. The third kappa shape index (κ3) is 3.03. The van der Waals surface area contributed by atoms with Gasteiger partial charge in [0.15, 0.2) is 0 Å². The molecule has 2 rings (SSSR count). The molecule has 2 N–H and O–H groups in total. The molecule has 0 aliphatic rings. The van der Waals surface area contributed by atoms with Gasteiger partial charge < -0.3 is 5.73 Å². The Morgan fingerprint density at radius 3 is 2.89 bits per heavy atom. The van der Waals surface area contributed by atoms with Gasteiger partial charge in [0.2, 0.25) is 0 Å². The molecule has 0 aliphatic heterocycles. The van der Waals surface area contributed by atoms with Gasteiger partial charge in [0.05, 0.1) is 11.7 Å². The summed E-state index contributed by atoms with van der Waals surface area (Å²) in [6, 6.07) is 5.68. The van der Waals surface area contributed by atoms with Gasteiger partial charge in [-0.1, -0.05) is 11.6 Å². The van der Waals surface area contributed by atoms with Crippen LogP contribution >= 0.6 is 11.6 Å². The Balaban J connectivity index is 2.21. The molecular weight excluding hydrogens is 253 g/mol. The monoisotopic (exact) mass is 265 g/mol. The highest BCUT2D eigenvalue weighted by molar-refractivity contribution is 6.31. The van der Waals surface area contributed by atoms with Crippen molar-refractivity contribution in [3.63, 3.8) is 0 Å². The lowest BCUT2D eigenvalue weighted by atomic mass is 10.0. The topological polar surface area (TPSA) is 51.8 Å². The molecule has 2 aromatic rings. The maximum Gasteiger partial charge on any atom is 0.125 e. The summed E-state index contributed by atoms with van der Waals surface area (Å²) in [5.41, 5.74) is 7.45. The van der Waals surface area contributed by atoms with Crippen molar-refractivity contribution in [2.24, 2.45) is 5.73 Å². The number of halogens is 2. The predicted molar refractivity (Wildman–Crippen MR) is 68.8 cm³/mol. The summed E-state index contributed by atoms with van der Waals surface area (Å²) >= 11 is 6.00. The summed E-state index contributed by atoms with van der Waals surface area (Å²) < 4.78 is 13.1. The highest BCUT2D eigenvalue weighted by Gasteiger charge is 2.12. The Morgan fingerprint density at radius 1 is 1.39 bits per heavy atom. The highest BCUT2D eigenvalue weighted by atomic mass is 35.5. The van der Waals surface area contributed by atoms with Crippen molar-refractivity contribution in [3.05, 3.63) is 58.4 Å². The van der Waals surface area contributed by atoms with Crippen LogP contribution in [0.2, 0.25) is 5.02 Å². The quantitative estimate of drug-likeness (QED) is 0.928. The Hall–Kier alpha value is -1.52. The van der Waals surface area contributed by atoms with Gasteiger partial charge >= 0.3 is 0 Å². The number of nitrogens with zero attached hydrogens (tertiary/aromatic N) is 2. The highest BCUT2D eigenvalue weighted by Crippen LogP contribution is 2.22. The van der Waals surface area contributed by atoms with E-state index in [1.807, 2.05) is 0 Å². The zero-order valence-corrected chi connectivity index (χ0v) is 10.7. The fraction of sp³-hybridized carbons (Fsp3) is 0.231. The molecule has 0 saturated heterocycles. The number of aromatic nitrogens is 2. The van der Waals surface area contributed by atoms with Crippen molar-refractivity contribution in [2.75, 3.05) is 0 Å². The summed E-state index contributed by atoms with van der Waals surface area (Å²) in [5.74, 6) is 0.341. The molecule has 18 heavy (non-hydrogen) atoms. The Kier molecular flexibility index (Phi) is 3.89. The van der Waals surface area contributed by atoms with E-state index in [1.165, 1.54) is 18.2 Å². The van der Waals surface area contributed by atoms with Gasteiger partial charge in [0.1, 0.15) is 11.6 Å². The van der Waals surface area contributed by atoms with Crippen molar-refractivity contribution >= 4 is 11.6 Å². The van der Waals surface area contributed by atoms with Crippen LogP contribution in [0.5, 0.6) is 0 Å². The normalized spacial score (nSPS) is 12.4. The van der Waals surface area contributed by atoms with Crippen LogP contribution in [0.3, 0.4) is 0 Å². The van der Waals surface area contributed by atoms with Crippen LogP contribution in [-0.4, -0.2) is 9.97 Å². The van der Waals surface area contributed by atoms with Crippen LogP contribution in [0.4, 0.5) is 4.39 Å². The van der Waals surface area contributed by atoms with Gasteiger partial charge in [-0.3, -0.25) is 0 Å². The third-order valence-electron chi connectivity index (χ3n) is 2.63. The summed E-state index contributed by atoms with van der Waals surface area (Å²) in [6.07, 6.45) is 2.09. The van der Waals surface area contributed by atoms with Crippen molar-refractivity contribution < 1.29 is 4.39 Å². The fourth-order valence-corrected chi connectivity index (χ4v) is 1.92. The molecule has 1 heterocycles. The van der Waals surface area contributed by atoms with Gasteiger partial charge in [-0.2, -0.15) is 0 Å². The second kappa shape index (κ2) is 5.42. The molecule has 5 heteroatoms. The molecule has 1 aromatic carbocycles. The van der Waals surface area contributed by atoms with E-state index in [9.17, 15) is 4.39 Å². The van der Waals surface area contributed by atoms with Crippen molar-refractivity contribution in [1.29, 1.82) is 0 Å². The van der Waals surface area contributed by atoms with Gasteiger partial charge in [-0.05, 0) is 43.2 Å². The Labute approximate surface area is 110 Å². The number of rotatable bonds is 3. The van der Waals surface area contributed by atoms with Crippen LogP contribution in [0, 0.1) is 12.7 Å². The molecule has 1 aromatic heterocycles. The largest absolute Gasteiger partial charge is 0.322 e. The van der Waals surface area contributed by atoms with E-state index >= 15 is 0 Å². The number of nitrogens with two attached hydrogens (primary N) is 1. The molecule has 0 aliphatic carbocycles. The van der Waals surface area contributed by atoms with E-state index < -0.39 is 0 Å². The molecule has 1 unspecified atom stereocenters. The van der Waals surface area contributed by atoms with Gasteiger partial charge in [0.25, 0.3) is 0 Å². The molecule has 1 atom stereocenters. The Bertz CT molecular complexity index is 560. The van der Waals surface area contributed by atoms with Crippen molar-refractivity contribution in [1.82, 2.24) is 9.97 Å². The number of benzene rings is 1. The predicted octanol–water partition coefficient (Wildman–Crippen LogP) is 2.82. The van der Waals surface area contributed by atoms with Gasteiger partial charge in [-0.25, -0.2) is 14.4 Å². The van der Waals surface area contributed by atoms with E-state index in [0.29, 0.717) is 22.8 Å². The maximum atomic E-state index is 13.1. The first-order chi connectivity index (χ1) is 8.56. The van der Waals surface area contributed by atoms with Crippen LogP contribution in [0.1, 0.15) is 23.1 Å². The Morgan fingerprint density at radius 2 is 2.17 bits per heavy atom. The summed E-state index contributed by atoms with van der Waals surface area (Å²) in [7, 11) is 0. The number of hydrogen-bond donors (Lipinski definition) is 1. The minimum atomic E-state index is -0.328. The van der Waals surface area contributed by atoms with Crippen molar-refractivity contribution in [3.8, 4) is 0 Å². The van der Waals surface area contributed by atoms with E-state index in [-0.39, 0.29) is 11.9 Å². The zero-order chi connectivity index (χ0) is 13.1. The summed E-state index contributed by atoms with van der Waals surface area (Å²) in [4.78, 5) is 8.26. The summed E-state index contributed by atoms with van der Waals surface area (Å²) in [6.45, 7) is 1.80. The molecule has 94 valence electrons. The SMILES string of the molecule is Cc1nccc(C(N)Cc2cc(F)ccc2Cl)n1. The minimum Gasteiger partial charge on any atom is -0.322 e. The van der Waals surface area contributed by atoms with Crippen molar-refractivity contribution in [2.45, 2.75) is 19.4 Å². The maximum absolute atomic E-state index is 13.1. The van der Waals surface area contributed by atoms with Crippen LogP contribution in [-0.2, 0) is 6.42 Å². The average molecular weight is 266 g/mol. The molecule has 0 amide bonds. The van der Waals surface area contributed by atoms with Crippen LogP contribution in [0.25, 0.3) is 0 Å². The third-order valence-corrected chi connectivity index (χ3v) is 2.99. The standard InChI is InChI=1S/C13H13ClFN3/c1-8-17-5-4-13(18-8)12(16)7-9-6-10(15)2-3-11(9)14/h2-6,12H,7,16H2,1H3. The molecule has 0 saturated carbocycles. The van der Waals surface area contributed by atoms with E-state index in [0.717, 1.165) is 5.69 Å². The second-order valence-corrected chi connectivity index (χ2v) is 4.48. The van der Waals surface area contributed by atoms with E-state index in [4.69, 9.17) is 17.3 Å². The number of hydrogen-bond acceptors (Lipinski definition) is 3. The van der Waals surface area contributed by atoms with E-state index in [1.54, 1.807) is 19.2 Å². The second-order valence-electron chi connectivity index (χ2n) is 4.08. The summed E-state index contributed by atoms with van der Waals surface area (Å²) in [5, 5.41) is 0.512. The lowest BCUT2D eigenvalue weighted by Gasteiger charge is -2.12. The molecule has 0 bridgehead atoms. The smallest absolute Gasteiger partial charge is 0.125 e. The lowest BCUT2D eigenvalue weighted by molar-refractivity contribution is 0.620. The zero-order valence-electron chi connectivity index (χ0n) is 9.90. The first-order valence-corrected chi connectivity index (χ1v) is 5.93. The number of aryl methyl sites for hydroxylation is 1. The fourth-order valence-electron chi connectivity index (χ4n) is 1.72. The first kappa shape index (κ1) is 12.9. The average Bonchev–Trinajstić information content (AvgIpc) is 2.34. The molecule has 0 radical (unpaired) electrons. The molecular formula is C13H13ClFN3. The molecule has 0 fully saturated rings. The van der Waals surface area contributed by atoms with Crippen LogP contribution in [0.15, 0.2) is 30.5 Å². The van der Waals surface area contributed by atoms with E-state index in [2.05, 4.69) is 9.97 Å². The van der Waals surface area contributed by atoms with Gasteiger partial charge in [-0.15, -0.1) is 0 Å².